The van der Waals surface area contributed by atoms with Gasteiger partial charge in [-0.15, -0.1) is 0 Å². The van der Waals surface area contributed by atoms with Crippen molar-refractivity contribution in [3.05, 3.63) is 231 Å². The van der Waals surface area contributed by atoms with E-state index in [1.54, 1.807) is 0 Å². The van der Waals surface area contributed by atoms with E-state index < -0.39 is 0 Å². The minimum absolute atomic E-state index is 0.0746. The topological polar surface area (TPSA) is 177 Å². The summed E-state index contributed by atoms with van der Waals surface area (Å²) in [7, 11) is 0. The summed E-state index contributed by atoms with van der Waals surface area (Å²) in [6.45, 7) is 52.3. The smallest absolute Gasteiger partial charge is 0.126 e. The zero-order chi connectivity index (χ0) is 73.6. The number of rotatable bonds is 3. The molecule has 0 heterocycles. The molecule has 0 fully saturated rings. The highest BCUT2D eigenvalue weighted by molar-refractivity contribution is 5.62. The first-order valence-electron chi connectivity index (χ1n) is 35.9. The number of hydrogen-bond acceptors (Lipinski definition) is 9. The molecule has 9 N–H and O–H groups in total. The Hall–Kier alpha value is -7.88. The summed E-state index contributed by atoms with van der Waals surface area (Å²) in [5.74, 6) is 1.27. The number of nitrogens with two attached hydrogens (primary N) is 1. The first kappa shape index (κ1) is 75.3. The van der Waals surface area contributed by atoms with Crippen LogP contribution in [-0.4, -0.2) is 48.9 Å². The second kappa shape index (κ2) is 26.9. The summed E-state index contributed by atoms with van der Waals surface area (Å²) in [6, 6.07) is 33.2. The fourth-order valence-corrected chi connectivity index (χ4v) is 13.7. The lowest BCUT2D eigenvalue weighted by Crippen LogP contribution is -2.17. The summed E-state index contributed by atoms with van der Waals surface area (Å²) in [5, 5.41) is 90.3. The van der Waals surface area contributed by atoms with Gasteiger partial charge in [0.25, 0.3) is 0 Å². The molecule has 1 aliphatic carbocycles. The zero-order valence-corrected chi connectivity index (χ0v) is 64.4. The largest absolute Gasteiger partial charge is 0.507 e. The molecular formula is C90H117NO8. The molecular weight excluding hydrogens is 1220 g/mol. The Morgan fingerprint density at radius 2 is 0.333 bits per heavy atom. The van der Waals surface area contributed by atoms with Crippen LogP contribution in [0.3, 0.4) is 0 Å². The number of ether oxygens (including phenoxy) is 1. The van der Waals surface area contributed by atoms with Gasteiger partial charge < -0.3 is 46.2 Å². The van der Waals surface area contributed by atoms with Crippen LogP contribution in [-0.2, 0) is 94.7 Å². The molecule has 9 heteroatoms. The Bertz CT molecular complexity index is 4130. The van der Waals surface area contributed by atoms with Crippen molar-refractivity contribution in [3.63, 3.8) is 0 Å². The number of fused-ring (bicyclic) bond motifs is 16. The van der Waals surface area contributed by atoms with Gasteiger partial charge in [0, 0.05) is 57.9 Å². The highest BCUT2D eigenvalue weighted by Crippen LogP contribution is 2.47. The van der Waals surface area contributed by atoms with Gasteiger partial charge in [0.15, 0.2) is 0 Å². The van der Waals surface area contributed by atoms with E-state index in [1.807, 2.05) is 36.4 Å². The van der Waals surface area contributed by atoms with Crippen LogP contribution in [0.1, 0.15) is 300 Å². The Balaban J connectivity index is 1.36. The first-order chi connectivity index (χ1) is 45.4. The molecule has 0 aromatic heterocycles. The highest BCUT2D eigenvalue weighted by atomic mass is 16.5. The van der Waals surface area contributed by atoms with Gasteiger partial charge in [-0.2, -0.15) is 0 Å². The normalized spacial score (nSPS) is 14.2. The maximum atomic E-state index is 13.0. The fraction of sp³-hybridized carbons (Fsp3) is 0.467. The summed E-state index contributed by atoms with van der Waals surface area (Å²) < 4.78 is 6.84. The highest BCUT2D eigenvalue weighted by Gasteiger charge is 2.32. The minimum Gasteiger partial charge on any atom is -0.507 e. The van der Waals surface area contributed by atoms with Gasteiger partial charge >= 0.3 is 0 Å². The van der Waals surface area contributed by atoms with Gasteiger partial charge in [-0.25, -0.2) is 0 Å². The number of benzene rings is 8. The summed E-state index contributed by atoms with van der Waals surface area (Å²) in [6.07, 6.45) is 1.72. The molecule has 0 saturated carbocycles. The molecule has 0 spiro atoms. The fourth-order valence-electron chi connectivity index (χ4n) is 13.7. The maximum Gasteiger partial charge on any atom is 0.126 e. The monoisotopic (exact) mass is 1340 g/mol. The minimum atomic E-state index is -0.363. The van der Waals surface area contributed by atoms with Crippen molar-refractivity contribution in [1.29, 1.82) is 0 Å². The predicted octanol–water partition coefficient (Wildman–Crippen LogP) is 20.4. The molecule has 530 valence electrons. The van der Waals surface area contributed by atoms with Gasteiger partial charge in [0.05, 0.1) is 0 Å². The summed E-state index contributed by atoms with van der Waals surface area (Å²) in [4.78, 5) is 0. The Kier molecular flexibility index (Phi) is 20.5. The second-order valence-electron chi connectivity index (χ2n) is 37.2. The van der Waals surface area contributed by atoms with Crippen LogP contribution in [0.15, 0.2) is 97.1 Å². The van der Waals surface area contributed by atoms with Crippen LogP contribution < -0.4 is 10.5 Å². The van der Waals surface area contributed by atoms with Crippen molar-refractivity contribution in [1.82, 2.24) is 0 Å². The van der Waals surface area contributed by atoms with E-state index in [4.69, 9.17) is 10.5 Å². The van der Waals surface area contributed by atoms with Crippen molar-refractivity contribution < 1.29 is 40.5 Å². The molecule has 0 atom stereocenters. The molecule has 0 saturated heterocycles. The first-order valence-corrected chi connectivity index (χ1v) is 35.9. The van der Waals surface area contributed by atoms with Crippen molar-refractivity contribution in [2.75, 3.05) is 13.2 Å². The molecule has 8 aromatic rings. The van der Waals surface area contributed by atoms with Crippen LogP contribution >= 0.6 is 0 Å². The predicted molar refractivity (Wildman–Crippen MR) is 410 cm³/mol. The summed E-state index contributed by atoms with van der Waals surface area (Å²) in [5.41, 5.74) is 22.2. The molecule has 16 bridgehead atoms. The van der Waals surface area contributed by atoms with Crippen LogP contribution in [0.5, 0.6) is 46.0 Å². The lowest BCUT2D eigenvalue weighted by molar-refractivity contribution is 0.322. The van der Waals surface area contributed by atoms with E-state index in [-0.39, 0.29) is 148 Å². The van der Waals surface area contributed by atoms with Crippen LogP contribution in [0.2, 0.25) is 0 Å². The van der Waals surface area contributed by atoms with Gasteiger partial charge in [0.1, 0.15) is 52.6 Å². The van der Waals surface area contributed by atoms with Crippen LogP contribution in [0.25, 0.3) is 0 Å². The zero-order valence-electron chi connectivity index (χ0n) is 64.4. The van der Waals surface area contributed by atoms with Crippen molar-refractivity contribution in [2.45, 2.75) is 261 Å². The van der Waals surface area contributed by atoms with Gasteiger partial charge in [-0.05, 0) is 177 Å². The second-order valence-corrected chi connectivity index (χ2v) is 37.2. The van der Waals surface area contributed by atoms with Gasteiger partial charge in [-0.3, -0.25) is 0 Å². The lowest BCUT2D eigenvalue weighted by atomic mass is 9.79. The molecule has 0 aliphatic heterocycles. The molecule has 1 aliphatic rings. The van der Waals surface area contributed by atoms with E-state index in [0.29, 0.717) is 83.6 Å². The SMILES string of the molecule is CC(C)(C)c1cc2c(O)c(c1)Cc1cc(C(C)(C)C)cc(c1O)Cc1cc(C(C)(C)C)cc(c1O)Cc1cc(C(C)(C)C)cc(c1O)Cc1cc(C(C)(C)C)cc(c1OCCN)Cc1cc(C(C)(C)C)cc(c1O)Cc1cc(C(C)(C)C)cc(c1O)Cc1cc(C(C)(C)C)cc(c1O)C2. The number of aromatic hydroxyl groups is 7. The number of phenolic OH excluding ortho intramolecular Hbond substituents is 7. The van der Waals surface area contributed by atoms with Crippen molar-refractivity contribution >= 4 is 0 Å². The van der Waals surface area contributed by atoms with E-state index in [1.165, 1.54) is 0 Å². The van der Waals surface area contributed by atoms with Gasteiger partial charge in [0.2, 0.25) is 0 Å². The standard InChI is InChI=1S/C90H117NO8/c1-83(2,3)67-35-51-27-53-37-68(84(4,5)6)39-55(76(53)93)29-57-41-70(86(10,11)12)43-59(78(57)95)31-61-45-72(88(16,17)18)47-63(80(61)97)33-65-49-74(90(22,23)24)50-66(82(65)99-26-25-91)34-64-48-73(89(19,20)21)46-62(81(64)98)32-60-44-71(87(13,14)15)42-58(79(60)96)30-56-40-69(85(7,8)9)38-54(77(56)94)28-52(36-67)75(51)92/h35-50,92-98H,25-34,91H2,1-24H3. The maximum absolute atomic E-state index is 13.0. The molecule has 0 radical (unpaired) electrons. The quantitative estimate of drug-likeness (QED) is 0.0855. The number of hydrogen-bond donors (Lipinski definition) is 8. The van der Waals surface area contributed by atoms with Crippen molar-refractivity contribution in [3.8, 4) is 46.0 Å². The molecule has 0 amide bonds. The van der Waals surface area contributed by atoms with E-state index >= 15 is 0 Å². The molecule has 9 rings (SSSR count). The van der Waals surface area contributed by atoms with Crippen LogP contribution in [0, 0.1) is 0 Å². The third-order valence-corrected chi connectivity index (χ3v) is 20.5. The average Bonchev–Trinajstić information content (AvgIpc) is 0.869. The molecule has 0 unspecified atom stereocenters. The Labute approximate surface area is 593 Å². The number of phenols is 7. The summed E-state index contributed by atoms with van der Waals surface area (Å²) >= 11 is 0. The average molecular weight is 1340 g/mol. The van der Waals surface area contributed by atoms with Gasteiger partial charge in [-0.1, -0.05) is 263 Å². The van der Waals surface area contributed by atoms with E-state index in [0.717, 1.165) is 55.6 Å². The van der Waals surface area contributed by atoms with Crippen molar-refractivity contribution in [2.24, 2.45) is 5.73 Å². The Morgan fingerprint density at radius 3 is 0.444 bits per heavy atom. The van der Waals surface area contributed by atoms with E-state index in [9.17, 15) is 35.7 Å². The molecule has 99 heavy (non-hydrogen) atoms. The van der Waals surface area contributed by atoms with E-state index in [2.05, 4.69) is 227 Å². The molecule has 9 nitrogen and oxygen atoms in total. The van der Waals surface area contributed by atoms with Crippen LogP contribution in [0.4, 0.5) is 0 Å². The molecule has 8 aromatic carbocycles. The Morgan fingerprint density at radius 1 is 0.222 bits per heavy atom. The third kappa shape index (κ3) is 16.8. The third-order valence-electron chi connectivity index (χ3n) is 20.5. The lowest BCUT2D eigenvalue weighted by Gasteiger charge is -2.27.